The lowest BCUT2D eigenvalue weighted by Gasteiger charge is -2.16. The SMILES string of the molecule is COc1ccc(C(=O)NNC(=O)c2cccc(S(=O)(=O)N3CCCC3)c2)cc1[N+](=O)[O-]. The number of ether oxygens (including phenoxy) is 1. The third-order valence-electron chi connectivity index (χ3n) is 4.73. The fourth-order valence-electron chi connectivity index (χ4n) is 3.11. The summed E-state index contributed by atoms with van der Waals surface area (Å²) < 4.78 is 31.6. The van der Waals surface area contributed by atoms with Crippen molar-refractivity contribution in [3.05, 3.63) is 63.7 Å². The second kappa shape index (κ2) is 9.10. The van der Waals surface area contributed by atoms with E-state index in [1.807, 2.05) is 0 Å². The van der Waals surface area contributed by atoms with Crippen LogP contribution in [-0.4, -0.2) is 49.7 Å². The normalized spacial score (nSPS) is 14.1. The topological polar surface area (TPSA) is 148 Å². The Balaban J connectivity index is 1.71. The molecule has 0 atom stereocenters. The summed E-state index contributed by atoms with van der Waals surface area (Å²) in [5, 5.41) is 11.1. The maximum absolute atomic E-state index is 12.7. The van der Waals surface area contributed by atoms with Crippen molar-refractivity contribution >= 4 is 27.5 Å². The van der Waals surface area contributed by atoms with Crippen LogP contribution in [0.4, 0.5) is 5.69 Å². The molecule has 164 valence electrons. The summed E-state index contributed by atoms with van der Waals surface area (Å²) in [4.78, 5) is 35.0. The van der Waals surface area contributed by atoms with Gasteiger partial charge in [-0.05, 0) is 43.2 Å². The fourth-order valence-corrected chi connectivity index (χ4v) is 4.67. The molecule has 11 nitrogen and oxygen atoms in total. The van der Waals surface area contributed by atoms with E-state index in [-0.39, 0.29) is 21.8 Å². The molecular formula is C19H20N4O7S. The van der Waals surface area contributed by atoms with Crippen LogP contribution in [0.2, 0.25) is 0 Å². The van der Waals surface area contributed by atoms with E-state index in [1.54, 1.807) is 0 Å². The molecule has 2 aromatic rings. The number of carbonyl (C=O) groups is 2. The zero-order valence-corrected chi connectivity index (χ0v) is 17.3. The van der Waals surface area contributed by atoms with Gasteiger partial charge < -0.3 is 4.74 Å². The first-order valence-corrected chi connectivity index (χ1v) is 10.7. The average molecular weight is 448 g/mol. The molecule has 0 unspecified atom stereocenters. The first-order valence-electron chi connectivity index (χ1n) is 9.27. The van der Waals surface area contributed by atoms with Gasteiger partial charge in [0, 0.05) is 30.3 Å². The van der Waals surface area contributed by atoms with Crippen LogP contribution in [0, 0.1) is 10.1 Å². The highest BCUT2D eigenvalue weighted by atomic mass is 32.2. The molecule has 2 N–H and O–H groups in total. The number of hydrazine groups is 1. The third kappa shape index (κ3) is 4.81. The van der Waals surface area contributed by atoms with Gasteiger partial charge in [-0.1, -0.05) is 6.07 Å². The Kier molecular flexibility index (Phi) is 6.51. The molecule has 31 heavy (non-hydrogen) atoms. The summed E-state index contributed by atoms with van der Waals surface area (Å²) in [5.74, 6) is -1.55. The first kappa shape index (κ1) is 22.2. The van der Waals surface area contributed by atoms with Crippen molar-refractivity contribution < 1.29 is 27.7 Å². The second-order valence-electron chi connectivity index (χ2n) is 6.69. The lowest BCUT2D eigenvalue weighted by molar-refractivity contribution is -0.385. The summed E-state index contributed by atoms with van der Waals surface area (Å²) in [6, 6.07) is 9.06. The number of nitrogens with one attached hydrogen (secondary N) is 2. The predicted molar refractivity (Wildman–Crippen MR) is 109 cm³/mol. The van der Waals surface area contributed by atoms with Crippen LogP contribution >= 0.6 is 0 Å². The van der Waals surface area contributed by atoms with E-state index in [1.165, 1.54) is 47.8 Å². The lowest BCUT2D eigenvalue weighted by Crippen LogP contribution is -2.41. The largest absolute Gasteiger partial charge is 0.490 e. The zero-order valence-electron chi connectivity index (χ0n) is 16.5. The molecule has 1 aliphatic rings. The first-order chi connectivity index (χ1) is 14.7. The molecule has 2 aromatic carbocycles. The minimum Gasteiger partial charge on any atom is -0.490 e. The summed E-state index contributed by atoms with van der Waals surface area (Å²) >= 11 is 0. The van der Waals surface area contributed by atoms with Gasteiger partial charge in [0.05, 0.1) is 16.9 Å². The maximum atomic E-state index is 12.7. The number of methoxy groups -OCH3 is 1. The number of benzene rings is 2. The number of sulfonamides is 1. The summed E-state index contributed by atoms with van der Waals surface area (Å²) in [7, 11) is -2.43. The molecule has 1 saturated heterocycles. The highest BCUT2D eigenvalue weighted by molar-refractivity contribution is 7.89. The van der Waals surface area contributed by atoms with Gasteiger partial charge in [-0.2, -0.15) is 4.31 Å². The van der Waals surface area contributed by atoms with E-state index in [2.05, 4.69) is 10.9 Å². The van der Waals surface area contributed by atoms with Crippen LogP contribution in [-0.2, 0) is 10.0 Å². The average Bonchev–Trinajstić information content (AvgIpc) is 3.32. The van der Waals surface area contributed by atoms with Crippen molar-refractivity contribution in [2.24, 2.45) is 0 Å². The number of hydrogen-bond donors (Lipinski definition) is 2. The van der Waals surface area contributed by atoms with E-state index in [4.69, 9.17) is 4.74 Å². The summed E-state index contributed by atoms with van der Waals surface area (Å²) in [6.07, 6.45) is 1.57. The van der Waals surface area contributed by atoms with Crippen LogP contribution in [0.3, 0.4) is 0 Å². The minimum absolute atomic E-state index is 0.0124. The van der Waals surface area contributed by atoms with E-state index < -0.39 is 32.4 Å². The highest BCUT2D eigenvalue weighted by Crippen LogP contribution is 2.27. The quantitative estimate of drug-likeness (QED) is 0.502. The highest BCUT2D eigenvalue weighted by Gasteiger charge is 2.27. The van der Waals surface area contributed by atoms with Crippen LogP contribution in [0.5, 0.6) is 5.75 Å². The Bertz CT molecular complexity index is 1130. The number of nitrogens with zero attached hydrogens (tertiary/aromatic N) is 2. The Hall–Kier alpha value is -3.51. The van der Waals surface area contributed by atoms with Gasteiger partial charge in [0.2, 0.25) is 10.0 Å². The summed E-state index contributed by atoms with van der Waals surface area (Å²) in [6.45, 7) is 0.867. The molecule has 0 bridgehead atoms. The monoisotopic (exact) mass is 448 g/mol. The number of hydrogen-bond acceptors (Lipinski definition) is 7. The van der Waals surface area contributed by atoms with Crippen molar-refractivity contribution in [2.45, 2.75) is 17.7 Å². The van der Waals surface area contributed by atoms with Crippen molar-refractivity contribution in [2.75, 3.05) is 20.2 Å². The Morgan fingerprint density at radius 3 is 2.23 bits per heavy atom. The number of nitro benzene ring substituents is 1. The molecule has 1 heterocycles. The molecule has 1 aliphatic heterocycles. The minimum atomic E-state index is -3.70. The number of carbonyl (C=O) groups excluding carboxylic acids is 2. The smallest absolute Gasteiger partial charge is 0.311 e. The summed E-state index contributed by atoms with van der Waals surface area (Å²) in [5.41, 5.74) is 3.88. The Morgan fingerprint density at radius 1 is 1.03 bits per heavy atom. The molecule has 0 radical (unpaired) electrons. The number of amides is 2. The molecule has 0 saturated carbocycles. The molecule has 3 rings (SSSR count). The molecule has 12 heteroatoms. The maximum Gasteiger partial charge on any atom is 0.311 e. The predicted octanol–water partition coefficient (Wildman–Crippen LogP) is 1.46. The molecule has 0 aliphatic carbocycles. The Labute approximate surface area is 178 Å². The molecule has 1 fully saturated rings. The third-order valence-corrected chi connectivity index (χ3v) is 6.62. The van der Waals surface area contributed by atoms with Crippen LogP contribution in [0.25, 0.3) is 0 Å². The standard InChI is InChI=1S/C19H20N4O7S/c1-30-17-8-7-14(12-16(17)23(26)27)19(25)21-20-18(24)13-5-4-6-15(11-13)31(28,29)22-9-2-3-10-22/h4-8,11-12H,2-3,9-10H2,1H3,(H,20,24)(H,21,25). The van der Waals surface area contributed by atoms with Gasteiger partial charge >= 0.3 is 5.69 Å². The van der Waals surface area contributed by atoms with Gasteiger partial charge in [0.25, 0.3) is 11.8 Å². The van der Waals surface area contributed by atoms with Crippen molar-refractivity contribution in [3.63, 3.8) is 0 Å². The van der Waals surface area contributed by atoms with Crippen molar-refractivity contribution in [3.8, 4) is 5.75 Å². The van der Waals surface area contributed by atoms with E-state index in [0.29, 0.717) is 13.1 Å². The van der Waals surface area contributed by atoms with Crippen LogP contribution in [0.15, 0.2) is 47.4 Å². The molecular weight excluding hydrogens is 428 g/mol. The Morgan fingerprint density at radius 2 is 1.65 bits per heavy atom. The van der Waals surface area contributed by atoms with Crippen LogP contribution in [0.1, 0.15) is 33.6 Å². The zero-order chi connectivity index (χ0) is 22.6. The lowest BCUT2D eigenvalue weighted by atomic mass is 10.2. The molecule has 0 spiro atoms. The number of rotatable bonds is 6. The molecule has 0 aromatic heterocycles. The van der Waals surface area contributed by atoms with Gasteiger partial charge in [-0.3, -0.25) is 30.6 Å². The molecule has 2 amide bonds. The van der Waals surface area contributed by atoms with Gasteiger partial charge in [0.15, 0.2) is 5.75 Å². The van der Waals surface area contributed by atoms with Crippen molar-refractivity contribution in [1.82, 2.24) is 15.2 Å². The van der Waals surface area contributed by atoms with E-state index in [0.717, 1.165) is 18.9 Å². The van der Waals surface area contributed by atoms with Crippen molar-refractivity contribution in [1.29, 1.82) is 0 Å². The van der Waals surface area contributed by atoms with Gasteiger partial charge in [-0.25, -0.2) is 8.42 Å². The number of nitro groups is 1. The second-order valence-corrected chi connectivity index (χ2v) is 8.63. The van der Waals surface area contributed by atoms with E-state index >= 15 is 0 Å². The van der Waals surface area contributed by atoms with Gasteiger partial charge in [-0.15, -0.1) is 0 Å². The van der Waals surface area contributed by atoms with Crippen LogP contribution < -0.4 is 15.6 Å². The fraction of sp³-hybridized carbons (Fsp3) is 0.263. The van der Waals surface area contributed by atoms with E-state index in [9.17, 15) is 28.1 Å². The van der Waals surface area contributed by atoms with Gasteiger partial charge in [0.1, 0.15) is 0 Å².